The molecule has 6 heteroatoms. The van der Waals surface area contributed by atoms with E-state index in [2.05, 4.69) is 43.5 Å². The summed E-state index contributed by atoms with van der Waals surface area (Å²) in [6.45, 7) is 4.92. The molecule has 2 atom stereocenters. The summed E-state index contributed by atoms with van der Waals surface area (Å²) in [6.07, 6.45) is 67.5. The van der Waals surface area contributed by atoms with Crippen molar-refractivity contribution in [1.29, 1.82) is 0 Å². The Morgan fingerprint density at radius 1 is 0.424 bits per heavy atom. The van der Waals surface area contributed by atoms with Gasteiger partial charge in [-0.15, -0.1) is 0 Å². The van der Waals surface area contributed by atoms with E-state index in [4.69, 9.17) is 4.74 Å². The number of unbranched alkanes of at least 4 members (excludes halogenated alkanes) is 40. The summed E-state index contributed by atoms with van der Waals surface area (Å²) in [4.78, 5) is 24.5. The van der Waals surface area contributed by atoms with Crippen molar-refractivity contribution in [2.45, 2.75) is 334 Å². The third kappa shape index (κ3) is 51.7. The molecule has 0 aliphatic carbocycles. The van der Waals surface area contributed by atoms with Gasteiger partial charge < -0.3 is 20.3 Å². The normalized spacial score (nSPS) is 12.7. The summed E-state index contributed by atoms with van der Waals surface area (Å²) in [5.41, 5.74) is 0. The zero-order chi connectivity index (χ0) is 47.9. The van der Waals surface area contributed by atoms with E-state index in [1.54, 1.807) is 0 Å². The van der Waals surface area contributed by atoms with Crippen molar-refractivity contribution >= 4 is 11.9 Å². The van der Waals surface area contributed by atoms with Crippen molar-refractivity contribution in [2.75, 3.05) is 13.2 Å². The fraction of sp³-hybridized carbons (Fsp3) is 0.900. The van der Waals surface area contributed by atoms with Gasteiger partial charge in [0.25, 0.3) is 0 Å². The maximum absolute atomic E-state index is 12.4. The van der Waals surface area contributed by atoms with Gasteiger partial charge in [-0.1, -0.05) is 276 Å². The number of aliphatic hydroxyl groups is 2. The summed E-state index contributed by atoms with van der Waals surface area (Å²) < 4.78 is 5.49. The summed E-state index contributed by atoms with van der Waals surface area (Å²) >= 11 is 0. The second-order valence-electron chi connectivity index (χ2n) is 20.3. The number of allylic oxidation sites excluding steroid dienone is 4. The van der Waals surface area contributed by atoms with Crippen molar-refractivity contribution in [1.82, 2.24) is 5.32 Å². The first kappa shape index (κ1) is 64.3. The topological polar surface area (TPSA) is 95.9 Å². The first-order valence-electron chi connectivity index (χ1n) is 29.6. The van der Waals surface area contributed by atoms with Crippen molar-refractivity contribution < 1.29 is 24.5 Å². The van der Waals surface area contributed by atoms with Crippen LogP contribution in [0, 0.1) is 0 Å². The van der Waals surface area contributed by atoms with Crippen molar-refractivity contribution in [3.8, 4) is 0 Å². The molecule has 6 nitrogen and oxygen atoms in total. The molecule has 390 valence electrons. The molecule has 0 aromatic carbocycles. The standard InChI is InChI=1S/C60H115NO5/c1-3-5-7-9-11-13-15-16-17-23-27-30-34-38-42-46-50-54-60(65)66-55-51-47-43-39-35-31-28-25-22-20-18-19-21-24-26-29-33-37-41-45-49-53-59(64)61-57(56-62)58(63)52-48-44-40-36-32-14-12-10-8-6-4-2/h11,13,16-17,57-58,62-63H,3-10,12,14-15,18-56H2,1-2H3,(H,61,64)/b13-11-,17-16-. The molecule has 2 unspecified atom stereocenters. The SMILES string of the molecule is CCCCC/C=C\C/C=C\CCCCCCCCCC(=O)OCCCCCCCCCCCCCCCCCCCCCCCC(=O)NC(CO)C(O)CCCCCCCCCCCCC. The number of amides is 1. The average Bonchev–Trinajstić information content (AvgIpc) is 3.32. The number of nitrogens with one attached hydrogen (secondary N) is 1. The van der Waals surface area contributed by atoms with Crippen LogP contribution in [0.2, 0.25) is 0 Å². The van der Waals surface area contributed by atoms with Crippen LogP contribution in [0.5, 0.6) is 0 Å². The zero-order valence-electron chi connectivity index (χ0n) is 44.4. The quantitative estimate of drug-likeness (QED) is 0.0321. The highest BCUT2D eigenvalue weighted by Gasteiger charge is 2.20. The molecule has 0 rings (SSSR count). The molecule has 1 amide bonds. The molecule has 0 aliphatic heterocycles. The highest BCUT2D eigenvalue weighted by atomic mass is 16.5. The van der Waals surface area contributed by atoms with Crippen LogP contribution in [0.1, 0.15) is 322 Å². The van der Waals surface area contributed by atoms with Crippen LogP contribution in [0.3, 0.4) is 0 Å². The molecule has 66 heavy (non-hydrogen) atoms. The zero-order valence-corrected chi connectivity index (χ0v) is 44.4. The number of carbonyl (C=O) groups is 2. The predicted octanol–water partition coefficient (Wildman–Crippen LogP) is 18.2. The van der Waals surface area contributed by atoms with Crippen LogP contribution in [0.25, 0.3) is 0 Å². The smallest absolute Gasteiger partial charge is 0.305 e. The summed E-state index contributed by atoms with van der Waals surface area (Å²) in [6, 6.07) is -0.541. The Morgan fingerprint density at radius 2 is 0.758 bits per heavy atom. The van der Waals surface area contributed by atoms with Crippen LogP contribution in [-0.2, 0) is 14.3 Å². The lowest BCUT2D eigenvalue weighted by atomic mass is 10.0. The Balaban J connectivity index is 3.36. The monoisotopic (exact) mass is 930 g/mol. The second kappa shape index (κ2) is 55.9. The summed E-state index contributed by atoms with van der Waals surface area (Å²) in [5, 5.41) is 23.2. The van der Waals surface area contributed by atoms with Crippen LogP contribution < -0.4 is 5.32 Å². The number of hydrogen-bond acceptors (Lipinski definition) is 5. The molecule has 0 aromatic heterocycles. The summed E-state index contributed by atoms with van der Waals surface area (Å²) in [5.74, 6) is -0.0319. The Labute approximate surface area is 411 Å². The number of rotatable bonds is 55. The van der Waals surface area contributed by atoms with E-state index in [0.29, 0.717) is 25.9 Å². The van der Waals surface area contributed by atoms with Gasteiger partial charge in [0.2, 0.25) is 5.91 Å². The minimum atomic E-state index is -0.663. The van der Waals surface area contributed by atoms with Gasteiger partial charge in [0, 0.05) is 12.8 Å². The van der Waals surface area contributed by atoms with E-state index in [-0.39, 0.29) is 18.5 Å². The third-order valence-electron chi connectivity index (χ3n) is 13.8. The second-order valence-corrected chi connectivity index (χ2v) is 20.3. The minimum Gasteiger partial charge on any atom is -0.466 e. The van der Waals surface area contributed by atoms with Crippen LogP contribution in [0.15, 0.2) is 24.3 Å². The van der Waals surface area contributed by atoms with E-state index >= 15 is 0 Å². The number of carbonyl (C=O) groups excluding carboxylic acids is 2. The van der Waals surface area contributed by atoms with E-state index in [0.717, 1.165) is 51.4 Å². The lowest BCUT2D eigenvalue weighted by Gasteiger charge is -2.22. The number of ether oxygens (including phenoxy) is 1. The van der Waals surface area contributed by atoms with E-state index in [1.807, 2.05) is 0 Å². The average molecular weight is 931 g/mol. The fourth-order valence-electron chi connectivity index (χ4n) is 9.20. The predicted molar refractivity (Wildman–Crippen MR) is 287 cm³/mol. The largest absolute Gasteiger partial charge is 0.466 e. The van der Waals surface area contributed by atoms with Crippen molar-refractivity contribution in [3.05, 3.63) is 24.3 Å². The Hall–Kier alpha value is -1.66. The minimum absolute atomic E-state index is 0.00440. The Bertz CT molecular complexity index is 1030. The van der Waals surface area contributed by atoms with E-state index < -0.39 is 12.1 Å². The fourth-order valence-corrected chi connectivity index (χ4v) is 9.20. The Morgan fingerprint density at radius 3 is 1.18 bits per heavy atom. The van der Waals surface area contributed by atoms with Gasteiger partial charge in [0.1, 0.15) is 0 Å². The molecule has 0 aromatic rings. The molecular weight excluding hydrogens is 815 g/mol. The van der Waals surface area contributed by atoms with E-state index in [1.165, 1.54) is 238 Å². The number of esters is 1. The molecule has 3 N–H and O–H groups in total. The van der Waals surface area contributed by atoms with Gasteiger partial charge in [-0.05, 0) is 57.8 Å². The van der Waals surface area contributed by atoms with Gasteiger partial charge in [0.15, 0.2) is 0 Å². The van der Waals surface area contributed by atoms with Gasteiger partial charge in [-0.2, -0.15) is 0 Å². The molecule has 0 saturated carbocycles. The molecule has 0 heterocycles. The lowest BCUT2D eigenvalue weighted by molar-refractivity contribution is -0.143. The van der Waals surface area contributed by atoms with Crippen molar-refractivity contribution in [2.24, 2.45) is 0 Å². The molecule has 0 fully saturated rings. The first-order chi connectivity index (χ1) is 32.5. The van der Waals surface area contributed by atoms with Crippen LogP contribution >= 0.6 is 0 Å². The third-order valence-corrected chi connectivity index (χ3v) is 13.8. The molecular formula is C60H115NO5. The number of aliphatic hydroxyl groups excluding tert-OH is 2. The summed E-state index contributed by atoms with van der Waals surface area (Å²) in [7, 11) is 0. The maximum Gasteiger partial charge on any atom is 0.305 e. The van der Waals surface area contributed by atoms with Crippen LogP contribution in [-0.4, -0.2) is 47.4 Å². The highest BCUT2D eigenvalue weighted by molar-refractivity contribution is 5.76. The van der Waals surface area contributed by atoms with Crippen LogP contribution in [0.4, 0.5) is 0 Å². The molecule has 0 radical (unpaired) electrons. The van der Waals surface area contributed by atoms with Gasteiger partial charge in [0.05, 0.1) is 25.4 Å². The first-order valence-corrected chi connectivity index (χ1v) is 29.6. The molecule has 0 bridgehead atoms. The molecule has 0 aliphatic rings. The van der Waals surface area contributed by atoms with Gasteiger partial charge in [-0.3, -0.25) is 9.59 Å². The van der Waals surface area contributed by atoms with Gasteiger partial charge in [-0.25, -0.2) is 0 Å². The maximum atomic E-state index is 12.4. The molecule has 0 saturated heterocycles. The van der Waals surface area contributed by atoms with E-state index in [9.17, 15) is 19.8 Å². The molecule has 0 spiro atoms. The number of hydrogen-bond donors (Lipinski definition) is 3. The van der Waals surface area contributed by atoms with Gasteiger partial charge >= 0.3 is 5.97 Å². The lowest BCUT2D eigenvalue weighted by Crippen LogP contribution is -2.45. The van der Waals surface area contributed by atoms with Crippen molar-refractivity contribution in [3.63, 3.8) is 0 Å². The Kier molecular flexibility index (Phi) is 54.5. The highest BCUT2D eigenvalue weighted by Crippen LogP contribution is 2.17.